The minimum Gasteiger partial charge on any atom is -0.459 e. The largest absolute Gasteiger partial charge is 0.459 e. The van der Waals surface area contributed by atoms with Crippen molar-refractivity contribution in [2.45, 2.75) is 19.9 Å². The lowest BCUT2D eigenvalue weighted by Crippen LogP contribution is -2.54. The molecule has 0 spiro atoms. The van der Waals surface area contributed by atoms with Gasteiger partial charge in [0, 0.05) is 37.4 Å². The highest BCUT2D eigenvalue weighted by Crippen LogP contribution is 2.14. The summed E-state index contributed by atoms with van der Waals surface area (Å²) in [7, 11) is 0. The van der Waals surface area contributed by atoms with E-state index in [1.54, 1.807) is 41.3 Å². The van der Waals surface area contributed by atoms with E-state index in [9.17, 15) is 14.4 Å². The summed E-state index contributed by atoms with van der Waals surface area (Å²) in [5.74, 6) is 0.0881. The van der Waals surface area contributed by atoms with Crippen LogP contribution in [-0.4, -0.2) is 59.6 Å². The van der Waals surface area contributed by atoms with Crippen molar-refractivity contribution in [3.63, 3.8) is 0 Å². The summed E-state index contributed by atoms with van der Waals surface area (Å²) in [4.78, 5) is 39.9. The molecule has 142 valence electrons. The lowest BCUT2D eigenvalue weighted by atomic mass is 10.1. The van der Waals surface area contributed by atoms with Gasteiger partial charge >= 0.3 is 0 Å². The Bertz CT molecular complexity index is 806. The number of anilines is 1. The quantitative estimate of drug-likeness (QED) is 0.818. The lowest BCUT2D eigenvalue weighted by molar-refractivity contribution is -0.121. The molecule has 2 aromatic rings. The van der Waals surface area contributed by atoms with Gasteiger partial charge in [-0.3, -0.25) is 19.3 Å². The number of carbonyl (C=O) groups is 3. The van der Waals surface area contributed by atoms with Gasteiger partial charge in [-0.05, 0) is 50.2 Å². The molecule has 1 aliphatic heterocycles. The highest BCUT2D eigenvalue weighted by atomic mass is 16.3. The predicted molar refractivity (Wildman–Crippen MR) is 101 cm³/mol. The molecule has 7 heteroatoms. The van der Waals surface area contributed by atoms with Crippen molar-refractivity contribution >= 4 is 23.3 Å². The number of hydrogen-bond acceptors (Lipinski definition) is 5. The van der Waals surface area contributed by atoms with Crippen molar-refractivity contribution < 1.29 is 18.8 Å². The van der Waals surface area contributed by atoms with Crippen LogP contribution in [0.25, 0.3) is 0 Å². The molecule has 0 saturated carbocycles. The maximum atomic E-state index is 12.5. The van der Waals surface area contributed by atoms with Gasteiger partial charge in [0.1, 0.15) is 0 Å². The zero-order valence-corrected chi connectivity index (χ0v) is 15.5. The van der Waals surface area contributed by atoms with Gasteiger partial charge in [0.15, 0.2) is 11.5 Å². The molecule has 0 bridgehead atoms. The van der Waals surface area contributed by atoms with Crippen molar-refractivity contribution in [3.05, 3.63) is 54.0 Å². The van der Waals surface area contributed by atoms with Gasteiger partial charge < -0.3 is 14.6 Å². The molecule has 1 fully saturated rings. The fourth-order valence-corrected chi connectivity index (χ4v) is 3.07. The Kier molecular flexibility index (Phi) is 5.71. The minimum atomic E-state index is -0.321. The number of furan rings is 1. The van der Waals surface area contributed by atoms with Crippen molar-refractivity contribution in [3.8, 4) is 0 Å². The number of Topliss-reactive ketones (excluding diaryl/α,β-unsaturated/α-hetero) is 1. The van der Waals surface area contributed by atoms with Crippen LogP contribution < -0.4 is 5.32 Å². The topological polar surface area (TPSA) is 82.9 Å². The van der Waals surface area contributed by atoms with Gasteiger partial charge in [-0.2, -0.15) is 0 Å². The van der Waals surface area contributed by atoms with E-state index in [-0.39, 0.29) is 23.6 Å². The van der Waals surface area contributed by atoms with Crippen molar-refractivity contribution in [1.29, 1.82) is 0 Å². The standard InChI is InChI=1S/C20H23N3O4/c1-14(19(25)21-17-7-5-16(6-8-17)15(2)24)22-9-11-23(12-10-22)20(26)18-4-3-13-27-18/h3-8,13-14H,9-12H2,1-2H3,(H,21,25)/t14-/m1/s1. The molecule has 1 aromatic carbocycles. The summed E-state index contributed by atoms with van der Waals surface area (Å²) < 4.78 is 5.16. The normalized spacial score (nSPS) is 16.0. The third-order valence-electron chi connectivity index (χ3n) is 4.82. The first kappa shape index (κ1) is 18.8. The molecular formula is C20H23N3O4. The molecule has 1 aliphatic rings. The number of nitrogens with zero attached hydrogens (tertiary/aromatic N) is 2. The summed E-state index contributed by atoms with van der Waals surface area (Å²) in [5.41, 5.74) is 1.27. The number of hydrogen-bond donors (Lipinski definition) is 1. The van der Waals surface area contributed by atoms with Gasteiger partial charge in [-0.25, -0.2) is 0 Å². The third kappa shape index (κ3) is 4.43. The molecule has 1 N–H and O–H groups in total. The second-order valence-corrected chi connectivity index (χ2v) is 6.60. The van der Waals surface area contributed by atoms with E-state index < -0.39 is 0 Å². The molecule has 2 amide bonds. The van der Waals surface area contributed by atoms with Crippen LogP contribution in [0.5, 0.6) is 0 Å². The molecule has 7 nitrogen and oxygen atoms in total. The highest BCUT2D eigenvalue weighted by molar-refractivity contribution is 5.97. The molecular weight excluding hydrogens is 346 g/mol. The molecule has 0 unspecified atom stereocenters. The molecule has 1 atom stereocenters. The van der Waals surface area contributed by atoms with E-state index in [0.717, 1.165) is 0 Å². The van der Waals surface area contributed by atoms with Gasteiger partial charge in [0.25, 0.3) is 5.91 Å². The van der Waals surface area contributed by atoms with E-state index in [1.807, 2.05) is 11.8 Å². The van der Waals surface area contributed by atoms with Gasteiger partial charge in [0.2, 0.25) is 5.91 Å². The van der Waals surface area contributed by atoms with Crippen LogP contribution in [0, 0.1) is 0 Å². The van der Waals surface area contributed by atoms with Crippen LogP contribution >= 0.6 is 0 Å². The van der Waals surface area contributed by atoms with Gasteiger partial charge in [-0.1, -0.05) is 0 Å². The van der Waals surface area contributed by atoms with Gasteiger partial charge in [0.05, 0.1) is 12.3 Å². The number of rotatable bonds is 5. The summed E-state index contributed by atoms with van der Waals surface area (Å²) in [6.07, 6.45) is 1.48. The van der Waals surface area contributed by atoms with Crippen molar-refractivity contribution in [2.75, 3.05) is 31.5 Å². The smallest absolute Gasteiger partial charge is 0.289 e. The molecule has 0 aliphatic carbocycles. The van der Waals surface area contributed by atoms with Crippen LogP contribution in [0.4, 0.5) is 5.69 Å². The van der Waals surface area contributed by atoms with Crippen LogP contribution in [0.15, 0.2) is 47.1 Å². The zero-order chi connectivity index (χ0) is 19.4. The third-order valence-corrected chi connectivity index (χ3v) is 4.82. The lowest BCUT2D eigenvalue weighted by Gasteiger charge is -2.37. The monoisotopic (exact) mass is 369 g/mol. The van der Waals surface area contributed by atoms with Crippen LogP contribution in [-0.2, 0) is 4.79 Å². The number of carbonyl (C=O) groups excluding carboxylic acids is 3. The number of nitrogens with one attached hydrogen (secondary N) is 1. The minimum absolute atomic E-state index is 0.0109. The Labute approximate surface area is 157 Å². The van der Waals surface area contributed by atoms with E-state index in [0.29, 0.717) is 43.2 Å². The van der Waals surface area contributed by atoms with E-state index in [1.165, 1.54) is 13.2 Å². The Hall–Kier alpha value is -2.93. The first-order chi connectivity index (χ1) is 13.0. The molecule has 0 radical (unpaired) electrons. The number of piperazine rings is 1. The fraction of sp³-hybridized carbons (Fsp3) is 0.350. The summed E-state index contributed by atoms with van der Waals surface area (Å²) >= 11 is 0. The second-order valence-electron chi connectivity index (χ2n) is 6.60. The maximum absolute atomic E-state index is 12.5. The summed E-state index contributed by atoms with van der Waals surface area (Å²) in [5, 5.41) is 2.87. The number of ketones is 1. The first-order valence-electron chi connectivity index (χ1n) is 8.94. The van der Waals surface area contributed by atoms with Crippen molar-refractivity contribution in [1.82, 2.24) is 9.80 Å². The van der Waals surface area contributed by atoms with Crippen LogP contribution in [0.2, 0.25) is 0 Å². The summed E-state index contributed by atoms with van der Waals surface area (Å²) in [6.45, 7) is 5.68. The van der Waals surface area contributed by atoms with E-state index >= 15 is 0 Å². The number of benzene rings is 1. The Morgan fingerprint density at radius 2 is 1.70 bits per heavy atom. The average molecular weight is 369 g/mol. The Balaban J connectivity index is 1.52. The van der Waals surface area contributed by atoms with Gasteiger partial charge in [-0.15, -0.1) is 0 Å². The van der Waals surface area contributed by atoms with E-state index in [4.69, 9.17) is 4.42 Å². The average Bonchev–Trinajstić information content (AvgIpc) is 3.22. The Morgan fingerprint density at radius 3 is 2.26 bits per heavy atom. The summed E-state index contributed by atoms with van der Waals surface area (Å²) in [6, 6.07) is 9.87. The SMILES string of the molecule is CC(=O)c1ccc(NC(=O)[C@@H](C)N2CCN(C(=O)c3ccco3)CC2)cc1. The fourth-order valence-electron chi connectivity index (χ4n) is 3.07. The molecule has 27 heavy (non-hydrogen) atoms. The predicted octanol–water partition coefficient (Wildman–Crippen LogP) is 2.27. The second kappa shape index (κ2) is 8.18. The molecule has 2 heterocycles. The highest BCUT2D eigenvalue weighted by Gasteiger charge is 2.28. The maximum Gasteiger partial charge on any atom is 0.289 e. The molecule has 1 aromatic heterocycles. The number of amides is 2. The van der Waals surface area contributed by atoms with Crippen LogP contribution in [0.3, 0.4) is 0 Å². The van der Waals surface area contributed by atoms with Crippen LogP contribution in [0.1, 0.15) is 34.8 Å². The molecule has 3 rings (SSSR count). The Morgan fingerprint density at radius 1 is 1.04 bits per heavy atom. The zero-order valence-electron chi connectivity index (χ0n) is 15.5. The first-order valence-corrected chi connectivity index (χ1v) is 8.94. The van der Waals surface area contributed by atoms with E-state index in [2.05, 4.69) is 5.32 Å². The van der Waals surface area contributed by atoms with Crippen molar-refractivity contribution in [2.24, 2.45) is 0 Å². The molecule has 1 saturated heterocycles.